The Kier molecular flexibility index (Phi) is 4.59. The summed E-state index contributed by atoms with van der Waals surface area (Å²) in [5.74, 6) is -1.74. The fourth-order valence-corrected chi connectivity index (χ4v) is 3.20. The van der Waals surface area contributed by atoms with Crippen molar-refractivity contribution in [1.82, 2.24) is 9.78 Å². The summed E-state index contributed by atoms with van der Waals surface area (Å²) in [6.07, 6.45) is 2.85. The highest BCUT2D eigenvalue weighted by Crippen LogP contribution is 2.32. The molecule has 1 aliphatic heterocycles. The number of hydrogen-bond acceptors (Lipinski definition) is 4. The number of rotatable bonds is 4. The number of carboxylic acids is 1. The molecule has 1 aromatic heterocycles. The molecule has 0 radical (unpaired) electrons. The lowest BCUT2D eigenvalue weighted by atomic mass is 10.0. The minimum Gasteiger partial charge on any atom is -0.477 e. The van der Waals surface area contributed by atoms with E-state index in [0.29, 0.717) is 11.3 Å². The number of aryl methyl sites for hydroxylation is 1. The molecule has 2 aromatic carbocycles. The highest BCUT2D eigenvalue weighted by Gasteiger charge is 2.29. The maximum atomic E-state index is 13.3. The molecule has 146 valence electrons. The number of fused-ring (bicyclic) bond motifs is 1. The number of amides is 1. The van der Waals surface area contributed by atoms with Crippen LogP contribution in [0, 0.1) is 12.7 Å². The lowest BCUT2D eigenvalue weighted by Gasteiger charge is -2.24. The summed E-state index contributed by atoms with van der Waals surface area (Å²) < 4.78 is 14.8. The Morgan fingerprint density at radius 1 is 1.21 bits per heavy atom. The van der Waals surface area contributed by atoms with Gasteiger partial charge in [0.1, 0.15) is 22.9 Å². The van der Waals surface area contributed by atoms with E-state index < -0.39 is 23.7 Å². The second kappa shape index (κ2) is 7.23. The van der Waals surface area contributed by atoms with Crippen LogP contribution < -0.4 is 10.6 Å². The molecule has 1 amide bonds. The largest absolute Gasteiger partial charge is 0.477 e. The van der Waals surface area contributed by atoms with Crippen LogP contribution in [0.5, 0.6) is 0 Å². The molecular weight excluding hydrogens is 375 g/mol. The highest BCUT2D eigenvalue weighted by molar-refractivity contribution is 6.08. The number of benzene rings is 2. The van der Waals surface area contributed by atoms with Gasteiger partial charge in [0.25, 0.3) is 5.91 Å². The maximum absolute atomic E-state index is 13.3. The molecule has 0 spiro atoms. The number of hydrogen-bond donors (Lipinski definition) is 3. The molecule has 3 N–H and O–H groups in total. The molecule has 0 unspecified atom stereocenters. The summed E-state index contributed by atoms with van der Waals surface area (Å²) in [6, 6.07) is 12.4. The van der Waals surface area contributed by atoms with Crippen molar-refractivity contribution < 1.29 is 19.1 Å². The second-order valence-electron chi connectivity index (χ2n) is 6.68. The fourth-order valence-electron chi connectivity index (χ4n) is 3.20. The lowest BCUT2D eigenvalue weighted by Crippen LogP contribution is -2.25. The van der Waals surface area contributed by atoms with Crippen LogP contribution in [0.2, 0.25) is 0 Å². The van der Waals surface area contributed by atoms with Crippen molar-refractivity contribution in [2.75, 3.05) is 10.6 Å². The Balaban J connectivity index is 1.72. The number of aromatic nitrogens is 2. The Morgan fingerprint density at radius 2 is 1.97 bits per heavy atom. The average molecular weight is 392 g/mol. The third-order valence-electron chi connectivity index (χ3n) is 4.60. The molecular formula is C21H17FN4O3. The molecule has 4 rings (SSSR count). The summed E-state index contributed by atoms with van der Waals surface area (Å²) in [7, 11) is 0. The van der Waals surface area contributed by atoms with E-state index >= 15 is 0 Å². The third kappa shape index (κ3) is 3.60. The summed E-state index contributed by atoms with van der Waals surface area (Å²) in [6.45, 7) is 1.91. The van der Waals surface area contributed by atoms with E-state index in [2.05, 4.69) is 15.7 Å². The van der Waals surface area contributed by atoms with Crippen LogP contribution in [0.4, 0.5) is 15.9 Å². The number of nitrogens with one attached hydrogen (secondary N) is 2. The minimum absolute atomic E-state index is 0.0862. The summed E-state index contributed by atoms with van der Waals surface area (Å²) >= 11 is 0. The van der Waals surface area contributed by atoms with Crippen molar-refractivity contribution in [3.63, 3.8) is 0 Å². The number of allylic oxidation sites excluding steroid dienone is 1. The summed E-state index contributed by atoms with van der Waals surface area (Å²) in [4.78, 5) is 24.4. The number of carboxylic acid groups (broad SMARTS) is 1. The first-order chi connectivity index (χ1) is 13.9. The molecule has 7 nitrogen and oxygen atoms in total. The highest BCUT2D eigenvalue weighted by atomic mass is 19.1. The van der Waals surface area contributed by atoms with Crippen LogP contribution >= 0.6 is 0 Å². The lowest BCUT2D eigenvalue weighted by molar-refractivity contribution is -0.132. The Labute approximate surface area is 165 Å². The molecule has 1 atom stereocenters. The summed E-state index contributed by atoms with van der Waals surface area (Å²) in [5.41, 5.74) is 2.37. The fraction of sp³-hybridized carbons (Fsp3) is 0.0952. The van der Waals surface area contributed by atoms with Gasteiger partial charge in [-0.15, -0.1) is 0 Å². The molecule has 0 bridgehead atoms. The first-order valence-corrected chi connectivity index (χ1v) is 8.85. The Hall–Kier alpha value is -3.94. The number of halogens is 1. The van der Waals surface area contributed by atoms with Gasteiger partial charge >= 0.3 is 5.97 Å². The Morgan fingerprint density at radius 3 is 2.66 bits per heavy atom. The number of carbonyl (C=O) groups excluding carboxylic acids is 1. The first kappa shape index (κ1) is 18.4. The molecule has 1 aliphatic rings. The van der Waals surface area contributed by atoms with Gasteiger partial charge in [0, 0.05) is 5.69 Å². The van der Waals surface area contributed by atoms with E-state index in [1.807, 2.05) is 25.1 Å². The van der Waals surface area contributed by atoms with Crippen molar-refractivity contribution in [2.24, 2.45) is 0 Å². The molecule has 0 aliphatic carbocycles. The van der Waals surface area contributed by atoms with Gasteiger partial charge in [0.05, 0.1) is 12.2 Å². The van der Waals surface area contributed by atoms with Gasteiger partial charge in [-0.1, -0.05) is 24.3 Å². The minimum atomic E-state index is -1.17. The molecule has 0 fully saturated rings. The normalized spacial score (nSPS) is 15.1. The number of anilines is 2. The van der Waals surface area contributed by atoms with Gasteiger partial charge in [0.2, 0.25) is 0 Å². The van der Waals surface area contributed by atoms with E-state index in [1.54, 1.807) is 18.2 Å². The predicted octanol–water partition coefficient (Wildman–Crippen LogP) is 3.57. The first-order valence-electron chi connectivity index (χ1n) is 8.85. The quantitative estimate of drug-likeness (QED) is 0.631. The van der Waals surface area contributed by atoms with Gasteiger partial charge < -0.3 is 15.7 Å². The smallest absolute Gasteiger partial charge is 0.352 e. The molecule has 3 aromatic rings. The van der Waals surface area contributed by atoms with Crippen molar-refractivity contribution in [3.05, 3.63) is 89.0 Å². The second-order valence-corrected chi connectivity index (χ2v) is 6.68. The molecule has 8 heteroatoms. The van der Waals surface area contributed by atoms with Crippen molar-refractivity contribution >= 4 is 23.4 Å². The van der Waals surface area contributed by atoms with Gasteiger partial charge in [0.15, 0.2) is 0 Å². The van der Waals surface area contributed by atoms with Crippen LogP contribution in [0.15, 0.2) is 66.5 Å². The van der Waals surface area contributed by atoms with E-state index in [0.717, 1.165) is 5.56 Å². The van der Waals surface area contributed by atoms with Crippen LogP contribution in [0.25, 0.3) is 0 Å². The average Bonchev–Trinajstić information content (AvgIpc) is 3.12. The zero-order valence-corrected chi connectivity index (χ0v) is 15.4. The SMILES string of the molecule is Cc1cccc(NC(=O)c2cnn3c2NC(C(=O)O)=C[C@@H]3c2ccc(F)cc2)c1. The maximum Gasteiger partial charge on any atom is 0.352 e. The zero-order chi connectivity index (χ0) is 20.5. The van der Waals surface area contributed by atoms with Gasteiger partial charge in [-0.3, -0.25) is 4.79 Å². The Bertz CT molecular complexity index is 1140. The van der Waals surface area contributed by atoms with Crippen LogP contribution in [0.1, 0.15) is 27.5 Å². The van der Waals surface area contributed by atoms with E-state index in [4.69, 9.17) is 0 Å². The third-order valence-corrected chi connectivity index (χ3v) is 4.60. The molecule has 2 heterocycles. The van der Waals surface area contributed by atoms with Crippen LogP contribution in [-0.2, 0) is 4.79 Å². The van der Waals surface area contributed by atoms with Gasteiger partial charge in [-0.2, -0.15) is 5.10 Å². The monoisotopic (exact) mass is 392 g/mol. The van der Waals surface area contributed by atoms with Crippen molar-refractivity contribution in [3.8, 4) is 0 Å². The molecule has 29 heavy (non-hydrogen) atoms. The van der Waals surface area contributed by atoms with Crippen LogP contribution in [-0.4, -0.2) is 26.8 Å². The standard InChI is InChI=1S/C21H17FN4O3/c1-12-3-2-4-15(9-12)24-20(27)16-11-23-26-18(13-5-7-14(22)8-6-13)10-17(21(28)29)25-19(16)26/h2-11,18,25H,1H3,(H,24,27)(H,28,29)/t18-/m1/s1. The molecule has 0 saturated heterocycles. The van der Waals surface area contributed by atoms with Gasteiger partial charge in [-0.05, 0) is 48.4 Å². The van der Waals surface area contributed by atoms with E-state index in [9.17, 15) is 19.1 Å². The number of aliphatic carboxylic acids is 1. The van der Waals surface area contributed by atoms with Crippen molar-refractivity contribution in [2.45, 2.75) is 13.0 Å². The molecule has 0 saturated carbocycles. The summed E-state index contributed by atoms with van der Waals surface area (Å²) in [5, 5.41) is 19.3. The number of carbonyl (C=O) groups is 2. The number of nitrogens with zero attached hydrogens (tertiary/aromatic N) is 2. The van der Waals surface area contributed by atoms with Gasteiger partial charge in [-0.25, -0.2) is 13.9 Å². The zero-order valence-electron chi connectivity index (χ0n) is 15.4. The van der Waals surface area contributed by atoms with Crippen LogP contribution in [0.3, 0.4) is 0 Å². The van der Waals surface area contributed by atoms with E-state index in [-0.39, 0.29) is 17.1 Å². The van der Waals surface area contributed by atoms with Crippen molar-refractivity contribution in [1.29, 1.82) is 0 Å². The predicted molar refractivity (Wildman–Crippen MR) is 105 cm³/mol. The topological polar surface area (TPSA) is 96.3 Å². The van der Waals surface area contributed by atoms with E-state index in [1.165, 1.54) is 29.1 Å².